The second-order valence-electron chi connectivity index (χ2n) is 7.74. The molecule has 2 aliphatic rings. The summed E-state index contributed by atoms with van der Waals surface area (Å²) >= 11 is 0. The predicted molar refractivity (Wildman–Crippen MR) is 129 cm³/mol. The Balaban J connectivity index is 0.00000240. The van der Waals surface area contributed by atoms with Crippen molar-refractivity contribution in [2.75, 3.05) is 59.5 Å². The van der Waals surface area contributed by atoms with Gasteiger partial charge in [-0.25, -0.2) is 0 Å². The van der Waals surface area contributed by atoms with Gasteiger partial charge in [0.15, 0.2) is 5.96 Å². The van der Waals surface area contributed by atoms with Gasteiger partial charge in [0, 0.05) is 70.4 Å². The molecule has 29 heavy (non-hydrogen) atoms. The summed E-state index contributed by atoms with van der Waals surface area (Å²) in [7, 11) is 1.87. The molecule has 1 aromatic heterocycles. The van der Waals surface area contributed by atoms with Crippen LogP contribution in [0.5, 0.6) is 0 Å². The predicted octanol–water partition coefficient (Wildman–Crippen LogP) is 2.62. The van der Waals surface area contributed by atoms with Gasteiger partial charge in [-0.05, 0) is 24.5 Å². The van der Waals surface area contributed by atoms with E-state index in [1.165, 1.54) is 18.4 Å². The van der Waals surface area contributed by atoms with Crippen LogP contribution in [0.25, 0.3) is 10.9 Å². The lowest BCUT2D eigenvalue weighted by Crippen LogP contribution is -2.53. The molecule has 1 N–H and O–H groups in total. The number of ether oxygens (including phenoxy) is 1. The number of nitrogens with one attached hydrogen (secondary N) is 1. The Hall–Kier alpha value is -1.45. The smallest absolute Gasteiger partial charge is 0.193 e. The van der Waals surface area contributed by atoms with Crippen LogP contribution in [0.2, 0.25) is 0 Å². The van der Waals surface area contributed by atoms with Gasteiger partial charge in [0.2, 0.25) is 0 Å². The van der Waals surface area contributed by atoms with E-state index in [4.69, 9.17) is 9.72 Å². The zero-order valence-corrected chi connectivity index (χ0v) is 19.5. The second-order valence-corrected chi connectivity index (χ2v) is 7.74. The van der Waals surface area contributed by atoms with Crippen molar-refractivity contribution in [3.05, 3.63) is 42.1 Å². The molecule has 0 saturated carbocycles. The first-order valence-corrected chi connectivity index (χ1v) is 10.4. The molecule has 2 fully saturated rings. The molecular formula is C22H32IN5O. The molecular weight excluding hydrogens is 477 g/mol. The molecule has 2 aromatic rings. The number of piperazine rings is 1. The molecule has 4 rings (SSSR count). The second kappa shape index (κ2) is 11.1. The highest BCUT2D eigenvalue weighted by Crippen LogP contribution is 2.15. The molecule has 3 heterocycles. The fraction of sp³-hybridized carbons (Fsp3) is 0.545. The van der Waals surface area contributed by atoms with Gasteiger partial charge in [0.25, 0.3) is 0 Å². The van der Waals surface area contributed by atoms with Crippen LogP contribution in [-0.2, 0) is 11.2 Å². The zero-order valence-electron chi connectivity index (χ0n) is 17.2. The van der Waals surface area contributed by atoms with Crippen molar-refractivity contribution in [1.82, 2.24) is 20.1 Å². The number of fused-ring (bicyclic) bond motifs is 1. The summed E-state index contributed by atoms with van der Waals surface area (Å²) in [6.07, 6.45) is 2.11. The lowest BCUT2D eigenvalue weighted by atomic mass is 10.1. The lowest BCUT2D eigenvalue weighted by molar-refractivity contribution is 0.139. The van der Waals surface area contributed by atoms with Crippen LogP contribution in [0.1, 0.15) is 12.1 Å². The molecule has 0 aliphatic carbocycles. The third-order valence-corrected chi connectivity index (χ3v) is 5.74. The normalized spacial score (nSPS) is 20.7. The molecule has 0 radical (unpaired) electrons. The first kappa shape index (κ1) is 22.2. The maximum atomic E-state index is 5.51. The molecule has 0 spiro atoms. The molecule has 1 atom stereocenters. The minimum Gasteiger partial charge on any atom is -0.381 e. The third-order valence-electron chi connectivity index (χ3n) is 5.74. The molecule has 158 valence electrons. The van der Waals surface area contributed by atoms with Crippen LogP contribution in [0.3, 0.4) is 0 Å². The van der Waals surface area contributed by atoms with Gasteiger partial charge >= 0.3 is 0 Å². The average molecular weight is 509 g/mol. The molecule has 7 heteroatoms. The third kappa shape index (κ3) is 6.02. The number of benzene rings is 1. The van der Waals surface area contributed by atoms with Gasteiger partial charge in [-0.3, -0.25) is 14.9 Å². The number of para-hydroxylation sites is 1. The van der Waals surface area contributed by atoms with Crippen molar-refractivity contribution < 1.29 is 4.74 Å². The monoisotopic (exact) mass is 509 g/mol. The number of guanidine groups is 1. The van der Waals surface area contributed by atoms with Crippen molar-refractivity contribution in [3.8, 4) is 0 Å². The van der Waals surface area contributed by atoms with Gasteiger partial charge in [-0.15, -0.1) is 24.0 Å². The first-order chi connectivity index (χ1) is 13.8. The minimum atomic E-state index is 0. The molecule has 2 saturated heterocycles. The summed E-state index contributed by atoms with van der Waals surface area (Å²) in [5.74, 6) is 1.73. The number of aliphatic imine (C=N–C) groups is 1. The van der Waals surface area contributed by atoms with Crippen LogP contribution in [0, 0.1) is 5.92 Å². The van der Waals surface area contributed by atoms with E-state index in [9.17, 15) is 0 Å². The minimum absolute atomic E-state index is 0. The van der Waals surface area contributed by atoms with Gasteiger partial charge in [-0.1, -0.05) is 24.3 Å². The lowest BCUT2D eigenvalue weighted by Gasteiger charge is -2.37. The van der Waals surface area contributed by atoms with E-state index >= 15 is 0 Å². The molecule has 1 aromatic carbocycles. The number of nitrogens with zero attached hydrogens (tertiary/aromatic N) is 4. The summed E-state index contributed by atoms with van der Waals surface area (Å²) in [6, 6.07) is 12.5. The summed E-state index contributed by atoms with van der Waals surface area (Å²) in [4.78, 5) is 14.2. The fourth-order valence-electron chi connectivity index (χ4n) is 4.12. The van der Waals surface area contributed by atoms with Gasteiger partial charge in [-0.2, -0.15) is 0 Å². The Morgan fingerprint density at radius 1 is 1.17 bits per heavy atom. The maximum Gasteiger partial charge on any atom is 0.193 e. The van der Waals surface area contributed by atoms with E-state index in [-0.39, 0.29) is 24.0 Å². The van der Waals surface area contributed by atoms with Crippen molar-refractivity contribution >= 4 is 40.8 Å². The maximum absolute atomic E-state index is 5.51. The van der Waals surface area contributed by atoms with Crippen LogP contribution < -0.4 is 5.32 Å². The SMILES string of the molecule is CN=C(NCCc1ccc2ccccc2n1)N1CCN(CC2CCOC2)CC1.I. The van der Waals surface area contributed by atoms with E-state index < -0.39 is 0 Å². The van der Waals surface area contributed by atoms with Crippen LogP contribution in [0.4, 0.5) is 0 Å². The van der Waals surface area contributed by atoms with E-state index in [2.05, 4.69) is 50.4 Å². The van der Waals surface area contributed by atoms with Gasteiger partial charge < -0.3 is 15.0 Å². The number of hydrogen-bond donors (Lipinski definition) is 1. The standard InChI is InChI=1S/C22H31N5O.HI/c1-23-22(27-13-11-26(12-14-27)16-18-9-15-28-17-18)24-10-8-20-7-6-19-4-2-3-5-21(19)25-20;/h2-7,18H,8-17H2,1H3,(H,23,24);1H. The molecule has 1 unspecified atom stereocenters. The quantitative estimate of drug-likeness (QED) is 0.382. The largest absolute Gasteiger partial charge is 0.381 e. The molecule has 0 bridgehead atoms. The Bertz CT molecular complexity index is 801. The van der Waals surface area contributed by atoms with Gasteiger partial charge in [0.05, 0.1) is 12.1 Å². The molecule has 0 amide bonds. The van der Waals surface area contributed by atoms with Crippen molar-refractivity contribution in [2.24, 2.45) is 10.9 Å². The molecule has 2 aliphatic heterocycles. The summed E-state index contributed by atoms with van der Waals surface area (Å²) in [6.45, 7) is 8.15. The van der Waals surface area contributed by atoms with Crippen molar-refractivity contribution in [1.29, 1.82) is 0 Å². The highest BCUT2D eigenvalue weighted by Gasteiger charge is 2.23. The number of pyridine rings is 1. The van der Waals surface area contributed by atoms with E-state index in [0.717, 1.165) is 75.4 Å². The van der Waals surface area contributed by atoms with Crippen molar-refractivity contribution in [2.45, 2.75) is 12.8 Å². The number of aromatic nitrogens is 1. The average Bonchev–Trinajstić information content (AvgIpc) is 3.25. The number of halogens is 1. The first-order valence-electron chi connectivity index (χ1n) is 10.4. The fourth-order valence-corrected chi connectivity index (χ4v) is 4.12. The zero-order chi connectivity index (χ0) is 19.2. The van der Waals surface area contributed by atoms with E-state index in [0.29, 0.717) is 0 Å². The van der Waals surface area contributed by atoms with E-state index in [1.54, 1.807) is 0 Å². The summed E-state index contributed by atoms with van der Waals surface area (Å²) in [5, 5.41) is 4.71. The number of hydrogen-bond acceptors (Lipinski definition) is 4. The Morgan fingerprint density at radius 2 is 2.00 bits per heavy atom. The Kier molecular flexibility index (Phi) is 8.50. The molecule has 6 nitrogen and oxygen atoms in total. The van der Waals surface area contributed by atoms with Crippen LogP contribution in [-0.4, -0.2) is 80.3 Å². The van der Waals surface area contributed by atoms with Crippen LogP contribution in [0.15, 0.2) is 41.4 Å². The topological polar surface area (TPSA) is 53.0 Å². The summed E-state index contributed by atoms with van der Waals surface area (Å²) in [5.41, 5.74) is 2.18. The summed E-state index contributed by atoms with van der Waals surface area (Å²) < 4.78 is 5.51. The Morgan fingerprint density at radius 3 is 2.76 bits per heavy atom. The van der Waals surface area contributed by atoms with Gasteiger partial charge in [0.1, 0.15) is 0 Å². The van der Waals surface area contributed by atoms with E-state index in [1.807, 2.05) is 13.1 Å². The Labute approximate surface area is 190 Å². The van der Waals surface area contributed by atoms with Crippen LogP contribution >= 0.6 is 24.0 Å². The highest BCUT2D eigenvalue weighted by molar-refractivity contribution is 14.0. The number of rotatable bonds is 5. The highest BCUT2D eigenvalue weighted by atomic mass is 127. The van der Waals surface area contributed by atoms with Crippen molar-refractivity contribution in [3.63, 3.8) is 0 Å².